The van der Waals surface area contributed by atoms with Gasteiger partial charge in [0.15, 0.2) is 13.9 Å². The van der Waals surface area contributed by atoms with Crippen molar-refractivity contribution in [2.45, 2.75) is 31.7 Å². The smallest absolute Gasteiger partial charge is 0.431 e. The number of hydroxylamine groups is 2. The number of rotatable bonds is 2. The molecule has 0 spiro atoms. The molecule has 16 heavy (non-hydrogen) atoms. The van der Waals surface area contributed by atoms with Crippen molar-refractivity contribution in [1.82, 2.24) is 5.06 Å². The summed E-state index contributed by atoms with van der Waals surface area (Å²) in [5.74, 6) is 0. The molecule has 0 aromatic heterocycles. The molecule has 0 bridgehead atoms. The van der Waals surface area contributed by atoms with Crippen LogP contribution in [0, 0.1) is 11.3 Å². The average Bonchev–Trinajstić information content (AvgIpc) is 2.16. The number of hydrogen-bond acceptors (Lipinski definition) is 4. The fraction of sp³-hybridized carbons (Fsp3) is 0.778. The van der Waals surface area contributed by atoms with Crippen molar-refractivity contribution in [1.29, 1.82) is 5.26 Å². The standard InChI is InChI=1S/C9H16N2O4Si/c1-16(2,3)15-9(6-10)4-5-11(8(12)13)14-7-9/h4-5,7H2,1-3H3,(H,12,13). The van der Waals surface area contributed by atoms with Crippen LogP contribution in [0.25, 0.3) is 0 Å². The second-order valence-corrected chi connectivity index (χ2v) is 9.16. The van der Waals surface area contributed by atoms with Gasteiger partial charge in [-0.2, -0.15) is 10.3 Å². The Morgan fingerprint density at radius 2 is 2.25 bits per heavy atom. The van der Waals surface area contributed by atoms with Crippen LogP contribution < -0.4 is 0 Å². The molecule has 0 radical (unpaired) electrons. The molecule has 90 valence electrons. The van der Waals surface area contributed by atoms with Crippen LogP contribution in [0.5, 0.6) is 0 Å². The fourth-order valence-electron chi connectivity index (χ4n) is 1.53. The largest absolute Gasteiger partial charge is 0.463 e. The van der Waals surface area contributed by atoms with E-state index in [9.17, 15) is 4.79 Å². The Morgan fingerprint density at radius 1 is 1.62 bits per heavy atom. The molecule has 1 fully saturated rings. The molecule has 1 aliphatic rings. The van der Waals surface area contributed by atoms with Crippen molar-refractivity contribution in [3.8, 4) is 6.07 Å². The minimum absolute atomic E-state index is 0.0277. The number of carboxylic acid groups (broad SMARTS) is 1. The first kappa shape index (κ1) is 13.0. The van der Waals surface area contributed by atoms with E-state index in [1.807, 2.05) is 19.6 Å². The molecule has 1 saturated heterocycles. The molecule has 1 aliphatic heterocycles. The van der Waals surface area contributed by atoms with Crippen LogP contribution in [0.1, 0.15) is 6.42 Å². The first-order valence-electron chi connectivity index (χ1n) is 5.03. The van der Waals surface area contributed by atoms with Gasteiger partial charge in [-0.25, -0.2) is 4.79 Å². The van der Waals surface area contributed by atoms with Crippen LogP contribution in [0.3, 0.4) is 0 Å². The molecular formula is C9H16N2O4Si. The Morgan fingerprint density at radius 3 is 2.56 bits per heavy atom. The third-order valence-corrected chi connectivity index (χ3v) is 3.09. The minimum atomic E-state index is -1.86. The van der Waals surface area contributed by atoms with Crippen molar-refractivity contribution in [3.63, 3.8) is 0 Å². The second-order valence-electron chi connectivity index (χ2n) is 4.73. The van der Waals surface area contributed by atoms with Crippen molar-refractivity contribution in [2.24, 2.45) is 0 Å². The predicted molar refractivity (Wildman–Crippen MR) is 58.1 cm³/mol. The third-order valence-electron chi connectivity index (χ3n) is 2.09. The van der Waals surface area contributed by atoms with Crippen molar-refractivity contribution < 1.29 is 19.2 Å². The Hall–Kier alpha value is -1.10. The normalized spacial score (nSPS) is 26.2. The van der Waals surface area contributed by atoms with Gasteiger partial charge in [-0.3, -0.25) is 4.84 Å². The van der Waals surface area contributed by atoms with Crippen molar-refractivity contribution in [2.75, 3.05) is 13.2 Å². The number of nitrogens with zero attached hydrogens (tertiary/aromatic N) is 2. The third kappa shape index (κ3) is 3.20. The summed E-state index contributed by atoms with van der Waals surface area (Å²) in [6.07, 6.45) is -0.792. The summed E-state index contributed by atoms with van der Waals surface area (Å²) in [7, 11) is -1.86. The Labute approximate surface area is 95.4 Å². The summed E-state index contributed by atoms with van der Waals surface area (Å²) in [4.78, 5) is 15.6. The maximum atomic E-state index is 10.6. The minimum Gasteiger partial charge on any atom is -0.463 e. The van der Waals surface area contributed by atoms with Gasteiger partial charge < -0.3 is 9.53 Å². The molecular weight excluding hydrogens is 228 g/mol. The lowest BCUT2D eigenvalue weighted by Gasteiger charge is -2.38. The SMILES string of the molecule is C[Si](C)(C)OC1(C#N)CCN(C(=O)O)OC1. The molecule has 1 N–H and O–H groups in total. The van der Waals surface area contributed by atoms with E-state index in [1.165, 1.54) is 0 Å². The fourth-order valence-corrected chi connectivity index (χ4v) is 2.91. The molecule has 0 aromatic rings. The first-order chi connectivity index (χ1) is 7.28. The molecule has 1 unspecified atom stereocenters. The van der Waals surface area contributed by atoms with Crippen molar-refractivity contribution in [3.05, 3.63) is 0 Å². The Balaban J connectivity index is 2.66. The van der Waals surface area contributed by atoms with E-state index in [-0.39, 0.29) is 13.2 Å². The predicted octanol–water partition coefficient (Wildman–Crippen LogP) is 1.42. The number of hydrogen-bond donors (Lipinski definition) is 1. The van der Waals surface area contributed by atoms with Gasteiger partial charge in [-0.1, -0.05) is 0 Å². The van der Waals surface area contributed by atoms with E-state index in [0.29, 0.717) is 6.42 Å². The van der Waals surface area contributed by atoms with Crippen molar-refractivity contribution >= 4 is 14.4 Å². The Bertz CT molecular complexity index is 312. The van der Waals surface area contributed by atoms with Gasteiger partial charge in [-0.15, -0.1) is 0 Å². The zero-order valence-electron chi connectivity index (χ0n) is 9.69. The molecule has 1 amide bonds. The molecule has 6 nitrogen and oxygen atoms in total. The zero-order chi connectivity index (χ0) is 12.4. The lowest BCUT2D eigenvalue weighted by molar-refractivity contribution is -0.197. The van der Waals surface area contributed by atoms with Crippen LogP contribution in [0.4, 0.5) is 4.79 Å². The summed E-state index contributed by atoms with van der Waals surface area (Å²) < 4.78 is 5.78. The van der Waals surface area contributed by atoms with E-state index in [4.69, 9.17) is 19.6 Å². The average molecular weight is 244 g/mol. The summed E-state index contributed by atoms with van der Waals surface area (Å²) in [5.41, 5.74) is -0.990. The number of amides is 1. The van der Waals surface area contributed by atoms with E-state index in [1.54, 1.807) is 0 Å². The van der Waals surface area contributed by atoms with Gasteiger partial charge in [0.2, 0.25) is 0 Å². The highest BCUT2D eigenvalue weighted by Crippen LogP contribution is 2.26. The van der Waals surface area contributed by atoms with Gasteiger partial charge in [0.05, 0.1) is 12.6 Å². The Kier molecular flexibility index (Phi) is 3.57. The summed E-state index contributed by atoms with van der Waals surface area (Å²) >= 11 is 0. The van der Waals surface area contributed by atoms with Crippen LogP contribution in [-0.2, 0) is 9.26 Å². The lowest BCUT2D eigenvalue weighted by atomic mass is 10.0. The molecule has 0 aliphatic carbocycles. The molecule has 1 atom stereocenters. The molecule has 0 saturated carbocycles. The van der Waals surface area contributed by atoms with E-state index in [2.05, 4.69) is 6.07 Å². The molecule has 1 heterocycles. The zero-order valence-corrected chi connectivity index (χ0v) is 10.7. The van der Waals surface area contributed by atoms with Crippen LogP contribution in [0.2, 0.25) is 19.6 Å². The van der Waals surface area contributed by atoms with Crippen LogP contribution in [-0.4, -0.2) is 43.3 Å². The van der Waals surface area contributed by atoms with E-state index >= 15 is 0 Å². The van der Waals surface area contributed by atoms with Crippen LogP contribution in [0.15, 0.2) is 0 Å². The maximum absolute atomic E-state index is 10.6. The number of nitriles is 1. The van der Waals surface area contributed by atoms with Gasteiger partial charge in [-0.05, 0) is 19.6 Å². The quantitative estimate of drug-likeness (QED) is 0.743. The molecule has 0 aromatic carbocycles. The van der Waals surface area contributed by atoms with E-state index < -0.39 is 20.0 Å². The summed E-state index contributed by atoms with van der Waals surface area (Å²) in [6.45, 7) is 6.08. The van der Waals surface area contributed by atoms with E-state index in [0.717, 1.165) is 5.06 Å². The van der Waals surface area contributed by atoms with Crippen LogP contribution >= 0.6 is 0 Å². The topological polar surface area (TPSA) is 82.8 Å². The number of carbonyl (C=O) groups is 1. The van der Waals surface area contributed by atoms with Gasteiger partial charge in [0.25, 0.3) is 0 Å². The van der Waals surface area contributed by atoms with Gasteiger partial charge in [0.1, 0.15) is 6.61 Å². The maximum Gasteiger partial charge on any atom is 0.431 e. The lowest BCUT2D eigenvalue weighted by Crippen LogP contribution is -2.53. The van der Waals surface area contributed by atoms with Gasteiger partial charge in [0, 0.05) is 6.42 Å². The molecule has 1 rings (SSSR count). The monoisotopic (exact) mass is 244 g/mol. The van der Waals surface area contributed by atoms with Gasteiger partial charge >= 0.3 is 6.09 Å². The first-order valence-corrected chi connectivity index (χ1v) is 8.44. The highest BCUT2D eigenvalue weighted by Gasteiger charge is 2.41. The summed E-state index contributed by atoms with van der Waals surface area (Å²) in [6, 6.07) is 2.10. The highest BCUT2D eigenvalue weighted by atomic mass is 28.4. The second kappa shape index (κ2) is 4.41. The molecule has 7 heteroatoms. The summed E-state index contributed by atoms with van der Waals surface area (Å²) in [5, 5.41) is 18.7. The highest BCUT2D eigenvalue weighted by molar-refractivity contribution is 6.69.